The van der Waals surface area contributed by atoms with Crippen LogP contribution >= 0.6 is 0 Å². The van der Waals surface area contributed by atoms with Gasteiger partial charge in [-0.15, -0.1) is 0 Å². The molecule has 17 heavy (non-hydrogen) atoms. The second-order valence-electron chi connectivity index (χ2n) is 5.30. The van der Waals surface area contributed by atoms with Crippen LogP contribution in [0.5, 0.6) is 0 Å². The third kappa shape index (κ3) is 2.86. The molecule has 2 rings (SSSR count). The Labute approximate surface area is 103 Å². The molecule has 3 heteroatoms. The van der Waals surface area contributed by atoms with Gasteiger partial charge in [-0.05, 0) is 18.5 Å². The van der Waals surface area contributed by atoms with Gasteiger partial charge in [0, 0.05) is 18.5 Å². The van der Waals surface area contributed by atoms with Crippen LogP contribution in [0.4, 0.5) is 0 Å². The standard InChI is InChI=1S/C14H21NO2/c1-14(11-16)7-8-15(10-13(14)17)9-12-5-3-2-4-6-12/h2-6,13,16-17H,7-11H2,1H3/t13-,14-/m1/s1. The smallest absolute Gasteiger partial charge is 0.0743 e. The largest absolute Gasteiger partial charge is 0.396 e. The summed E-state index contributed by atoms with van der Waals surface area (Å²) < 4.78 is 0. The molecule has 0 aromatic heterocycles. The van der Waals surface area contributed by atoms with Crippen molar-refractivity contribution in [2.75, 3.05) is 19.7 Å². The van der Waals surface area contributed by atoms with Gasteiger partial charge in [0.1, 0.15) is 0 Å². The molecular weight excluding hydrogens is 214 g/mol. The zero-order valence-electron chi connectivity index (χ0n) is 10.3. The van der Waals surface area contributed by atoms with E-state index in [2.05, 4.69) is 17.0 Å². The third-order valence-corrected chi connectivity index (χ3v) is 3.84. The molecule has 1 heterocycles. The molecule has 1 fully saturated rings. The highest BCUT2D eigenvalue weighted by Crippen LogP contribution is 2.31. The molecule has 3 nitrogen and oxygen atoms in total. The molecule has 0 bridgehead atoms. The molecule has 2 N–H and O–H groups in total. The van der Waals surface area contributed by atoms with Crippen molar-refractivity contribution in [3.8, 4) is 0 Å². The summed E-state index contributed by atoms with van der Waals surface area (Å²) in [6.45, 7) is 4.47. The van der Waals surface area contributed by atoms with Crippen molar-refractivity contribution in [2.24, 2.45) is 5.41 Å². The molecule has 1 aromatic rings. The number of aliphatic hydroxyl groups excluding tert-OH is 2. The fourth-order valence-corrected chi connectivity index (χ4v) is 2.31. The fraction of sp³-hybridized carbons (Fsp3) is 0.571. The van der Waals surface area contributed by atoms with Crippen LogP contribution in [-0.2, 0) is 6.54 Å². The first-order chi connectivity index (χ1) is 8.14. The normalized spacial score (nSPS) is 30.4. The van der Waals surface area contributed by atoms with Crippen molar-refractivity contribution in [3.05, 3.63) is 35.9 Å². The van der Waals surface area contributed by atoms with Gasteiger partial charge in [-0.2, -0.15) is 0 Å². The molecule has 94 valence electrons. The molecule has 0 spiro atoms. The Balaban J connectivity index is 1.94. The van der Waals surface area contributed by atoms with Crippen molar-refractivity contribution in [3.63, 3.8) is 0 Å². The minimum Gasteiger partial charge on any atom is -0.396 e. The highest BCUT2D eigenvalue weighted by Gasteiger charge is 2.37. The summed E-state index contributed by atoms with van der Waals surface area (Å²) in [5, 5.41) is 19.4. The van der Waals surface area contributed by atoms with Crippen molar-refractivity contribution >= 4 is 0 Å². The lowest BCUT2D eigenvalue weighted by molar-refractivity contribution is -0.0647. The maximum absolute atomic E-state index is 10.1. The van der Waals surface area contributed by atoms with Crippen molar-refractivity contribution in [1.82, 2.24) is 4.90 Å². The summed E-state index contributed by atoms with van der Waals surface area (Å²) in [6, 6.07) is 10.3. The molecule has 0 aliphatic carbocycles. The molecule has 1 aromatic carbocycles. The highest BCUT2D eigenvalue weighted by molar-refractivity contribution is 5.14. The Morgan fingerprint density at radius 3 is 2.65 bits per heavy atom. The van der Waals surface area contributed by atoms with Crippen LogP contribution in [0.2, 0.25) is 0 Å². The van der Waals surface area contributed by atoms with Gasteiger partial charge in [0.15, 0.2) is 0 Å². The second-order valence-corrected chi connectivity index (χ2v) is 5.30. The number of benzene rings is 1. The van der Waals surface area contributed by atoms with E-state index in [-0.39, 0.29) is 12.0 Å². The number of nitrogens with zero attached hydrogens (tertiary/aromatic N) is 1. The van der Waals surface area contributed by atoms with E-state index in [1.54, 1.807) is 0 Å². The van der Waals surface area contributed by atoms with E-state index in [0.717, 1.165) is 19.5 Å². The number of aliphatic hydroxyl groups is 2. The van der Waals surface area contributed by atoms with Crippen LogP contribution < -0.4 is 0 Å². The predicted octanol–water partition coefficient (Wildman–Crippen LogP) is 1.25. The van der Waals surface area contributed by atoms with Crippen molar-refractivity contribution in [1.29, 1.82) is 0 Å². The third-order valence-electron chi connectivity index (χ3n) is 3.84. The van der Waals surface area contributed by atoms with E-state index in [0.29, 0.717) is 6.54 Å². The van der Waals surface area contributed by atoms with Gasteiger partial charge in [0.05, 0.1) is 12.7 Å². The van der Waals surface area contributed by atoms with Gasteiger partial charge in [-0.3, -0.25) is 4.90 Å². The van der Waals surface area contributed by atoms with E-state index in [9.17, 15) is 10.2 Å². The minimum absolute atomic E-state index is 0.0628. The summed E-state index contributed by atoms with van der Waals surface area (Å²) in [5.41, 5.74) is 0.944. The van der Waals surface area contributed by atoms with Crippen LogP contribution in [0.3, 0.4) is 0 Å². The lowest BCUT2D eigenvalue weighted by Gasteiger charge is -2.42. The van der Waals surface area contributed by atoms with E-state index in [4.69, 9.17) is 0 Å². The zero-order valence-corrected chi connectivity index (χ0v) is 10.3. The molecule has 1 saturated heterocycles. The molecule has 0 saturated carbocycles. The Hall–Kier alpha value is -0.900. The van der Waals surface area contributed by atoms with Crippen LogP contribution in [0.15, 0.2) is 30.3 Å². The lowest BCUT2D eigenvalue weighted by atomic mass is 9.78. The Morgan fingerprint density at radius 2 is 2.06 bits per heavy atom. The number of rotatable bonds is 3. The van der Waals surface area contributed by atoms with Gasteiger partial charge in [-0.25, -0.2) is 0 Å². The van der Waals surface area contributed by atoms with E-state index < -0.39 is 6.10 Å². The summed E-state index contributed by atoms with van der Waals surface area (Å²) in [4.78, 5) is 2.25. The topological polar surface area (TPSA) is 43.7 Å². The van der Waals surface area contributed by atoms with Gasteiger partial charge in [-0.1, -0.05) is 37.3 Å². The Morgan fingerprint density at radius 1 is 1.35 bits per heavy atom. The zero-order chi connectivity index (χ0) is 12.3. The maximum atomic E-state index is 10.1. The number of β-amino-alcohol motifs (C(OH)–C–C–N with tert-alkyl or cyclic N) is 1. The number of piperidine rings is 1. The molecule has 0 radical (unpaired) electrons. The lowest BCUT2D eigenvalue weighted by Crippen LogP contribution is -2.50. The van der Waals surface area contributed by atoms with Crippen LogP contribution in [0, 0.1) is 5.41 Å². The quantitative estimate of drug-likeness (QED) is 0.828. The average Bonchev–Trinajstić information content (AvgIpc) is 2.35. The van der Waals surface area contributed by atoms with Crippen LogP contribution in [-0.4, -0.2) is 40.9 Å². The molecule has 2 atom stereocenters. The monoisotopic (exact) mass is 235 g/mol. The van der Waals surface area contributed by atoms with Gasteiger partial charge >= 0.3 is 0 Å². The number of hydrogen-bond donors (Lipinski definition) is 2. The molecular formula is C14H21NO2. The first-order valence-electron chi connectivity index (χ1n) is 6.19. The highest BCUT2D eigenvalue weighted by atomic mass is 16.3. The maximum Gasteiger partial charge on any atom is 0.0743 e. The average molecular weight is 235 g/mol. The minimum atomic E-state index is -0.440. The Bertz CT molecular complexity index is 354. The van der Waals surface area contributed by atoms with Crippen LogP contribution in [0.25, 0.3) is 0 Å². The van der Waals surface area contributed by atoms with Crippen molar-refractivity contribution in [2.45, 2.75) is 26.0 Å². The molecule has 1 aliphatic heterocycles. The fourth-order valence-electron chi connectivity index (χ4n) is 2.31. The second kappa shape index (κ2) is 5.17. The Kier molecular flexibility index (Phi) is 3.82. The van der Waals surface area contributed by atoms with Gasteiger partial charge < -0.3 is 10.2 Å². The van der Waals surface area contributed by atoms with E-state index in [1.807, 2.05) is 25.1 Å². The van der Waals surface area contributed by atoms with E-state index >= 15 is 0 Å². The molecule has 0 unspecified atom stereocenters. The SMILES string of the molecule is C[C@]1(CO)CCN(Cc2ccccc2)C[C@H]1O. The molecule has 1 aliphatic rings. The first-order valence-corrected chi connectivity index (χ1v) is 6.19. The summed E-state index contributed by atoms with van der Waals surface area (Å²) in [5.74, 6) is 0. The first kappa shape index (κ1) is 12.6. The van der Waals surface area contributed by atoms with E-state index in [1.165, 1.54) is 5.56 Å². The van der Waals surface area contributed by atoms with Crippen LogP contribution in [0.1, 0.15) is 18.9 Å². The number of likely N-dealkylation sites (tertiary alicyclic amines) is 1. The summed E-state index contributed by atoms with van der Waals surface area (Å²) >= 11 is 0. The molecule has 0 amide bonds. The van der Waals surface area contributed by atoms with Crippen molar-refractivity contribution < 1.29 is 10.2 Å². The summed E-state index contributed by atoms with van der Waals surface area (Å²) in [7, 11) is 0. The van der Waals surface area contributed by atoms with Gasteiger partial charge in [0.2, 0.25) is 0 Å². The predicted molar refractivity (Wildman–Crippen MR) is 67.5 cm³/mol. The van der Waals surface area contributed by atoms with Gasteiger partial charge in [0.25, 0.3) is 0 Å². The number of hydrogen-bond acceptors (Lipinski definition) is 3. The summed E-state index contributed by atoms with van der Waals surface area (Å²) in [6.07, 6.45) is 0.405.